The van der Waals surface area contributed by atoms with Gasteiger partial charge in [0.15, 0.2) is 0 Å². The number of hydrogen-bond acceptors (Lipinski definition) is 1. The molecule has 0 spiro atoms. The summed E-state index contributed by atoms with van der Waals surface area (Å²) >= 11 is 0. The summed E-state index contributed by atoms with van der Waals surface area (Å²) in [5.41, 5.74) is 3.94. The summed E-state index contributed by atoms with van der Waals surface area (Å²) in [7, 11) is 0. The number of nitrogens with zero attached hydrogens (tertiary/aromatic N) is 1. The quantitative estimate of drug-likeness (QED) is 0.556. The average molecular weight is 350 g/mol. The number of pyridine rings is 1. The van der Waals surface area contributed by atoms with Gasteiger partial charge in [-0.3, -0.25) is 0 Å². The van der Waals surface area contributed by atoms with Crippen LogP contribution < -0.4 is 0 Å². The predicted octanol–water partition coefficient (Wildman–Crippen LogP) is 6.54. The van der Waals surface area contributed by atoms with Gasteiger partial charge in [-0.1, -0.05) is 51.7 Å². The van der Waals surface area contributed by atoms with Gasteiger partial charge in [0.05, 0.1) is 0 Å². The van der Waals surface area contributed by atoms with E-state index in [2.05, 4.69) is 28.2 Å². The highest BCUT2D eigenvalue weighted by molar-refractivity contribution is 5.76. The molecule has 0 saturated heterocycles. The maximum atomic E-state index is 14.7. The van der Waals surface area contributed by atoms with E-state index in [1.165, 1.54) is 25.7 Å². The van der Waals surface area contributed by atoms with Gasteiger partial charge in [-0.05, 0) is 53.6 Å². The minimum Gasteiger partial charge on any atom is -0.343 e. The van der Waals surface area contributed by atoms with E-state index < -0.39 is 0 Å². The Balaban J connectivity index is 1.73. The van der Waals surface area contributed by atoms with Gasteiger partial charge >= 0.3 is 0 Å². The van der Waals surface area contributed by atoms with Crippen molar-refractivity contribution in [1.82, 2.24) is 9.97 Å². The van der Waals surface area contributed by atoms with Crippen LogP contribution in [0.15, 0.2) is 42.6 Å². The third-order valence-electron chi connectivity index (χ3n) is 5.88. The molecule has 2 heterocycles. The lowest BCUT2D eigenvalue weighted by molar-refractivity contribution is 0.468. The third-order valence-corrected chi connectivity index (χ3v) is 5.88. The van der Waals surface area contributed by atoms with Crippen LogP contribution in [0.25, 0.3) is 11.0 Å². The Morgan fingerprint density at radius 2 is 1.96 bits per heavy atom. The van der Waals surface area contributed by atoms with Crippen LogP contribution in [0.4, 0.5) is 4.39 Å². The first-order valence-corrected chi connectivity index (χ1v) is 9.85. The Labute approximate surface area is 154 Å². The third kappa shape index (κ3) is 3.40. The van der Waals surface area contributed by atoms with Gasteiger partial charge in [0.2, 0.25) is 0 Å². The molecule has 1 aliphatic carbocycles. The molecule has 3 heteroatoms. The van der Waals surface area contributed by atoms with Crippen LogP contribution in [-0.2, 0) is 0 Å². The van der Waals surface area contributed by atoms with E-state index in [0.29, 0.717) is 0 Å². The molecule has 0 radical (unpaired) electrons. The van der Waals surface area contributed by atoms with Crippen LogP contribution in [0.3, 0.4) is 0 Å². The van der Waals surface area contributed by atoms with E-state index >= 15 is 0 Å². The topological polar surface area (TPSA) is 28.7 Å². The van der Waals surface area contributed by atoms with Crippen LogP contribution in [0.2, 0.25) is 0 Å². The minimum absolute atomic E-state index is 0.0804. The Morgan fingerprint density at radius 1 is 1.15 bits per heavy atom. The lowest BCUT2D eigenvalue weighted by Crippen LogP contribution is -2.08. The van der Waals surface area contributed by atoms with E-state index in [4.69, 9.17) is 0 Å². The van der Waals surface area contributed by atoms with E-state index in [-0.39, 0.29) is 17.7 Å². The van der Waals surface area contributed by atoms with Crippen molar-refractivity contribution in [3.8, 4) is 0 Å². The largest absolute Gasteiger partial charge is 0.343 e. The van der Waals surface area contributed by atoms with E-state index in [0.717, 1.165) is 40.2 Å². The standard InChI is InChI=1S/C23H27FN2/c1-15(2)19-10-9-17(13-21(19)24)20(12-16-6-3-4-7-16)22-14-18-8-5-11-25-23(18)26-22/h5,8-11,13-16,20H,3-4,6-7,12H2,1-2H3,(H,25,26)/t20-/m1/s1. The van der Waals surface area contributed by atoms with Crippen LogP contribution in [0.5, 0.6) is 0 Å². The van der Waals surface area contributed by atoms with Crippen molar-refractivity contribution >= 4 is 11.0 Å². The Kier molecular flexibility index (Phi) is 4.80. The number of aromatic nitrogens is 2. The smallest absolute Gasteiger partial charge is 0.137 e. The van der Waals surface area contributed by atoms with Crippen molar-refractivity contribution in [3.05, 3.63) is 65.2 Å². The normalized spacial score (nSPS) is 16.6. The average Bonchev–Trinajstić information content (AvgIpc) is 3.28. The first-order valence-electron chi connectivity index (χ1n) is 9.85. The van der Waals surface area contributed by atoms with Crippen LogP contribution in [-0.4, -0.2) is 9.97 Å². The number of aromatic amines is 1. The molecule has 1 aliphatic rings. The number of H-pyrrole nitrogens is 1. The molecule has 1 saturated carbocycles. The fourth-order valence-electron chi connectivity index (χ4n) is 4.42. The number of fused-ring (bicyclic) bond motifs is 1. The summed E-state index contributed by atoms with van der Waals surface area (Å²) in [6, 6.07) is 12.1. The molecule has 4 rings (SSSR count). The summed E-state index contributed by atoms with van der Waals surface area (Å²) in [6.45, 7) is 4.08. The fraction of sp³-hybridized carbons (Fsp3) is 0.435. The molecule has 0 aliphatic heterocycles. The molecule has 1 atom stereocenters. The molecular weight excluding hydrogens is 323 g/mol. The second kappa shape index (κ2) is 7.22. The zero-order chi connectivity index (χ0) is 18.1. The summed E-state index contributed by atoms with van der Waals surface area (Å²) in [4.78, 5) is 7.93. The molecule has 136 valence electrons. The van der Waals surface area contributed by atoms with Crippen molar-refractivity contribution in [2.75, 3.05) is 0 Å². The van der Waals surface area contributed by atoms with Crippen LogP contribution in [0.1, 0.15) is 74.6 Å². The number of benzene rings is 1. The number of halogens is 1. The van der Waals surface area contributed by atoms with E-state index in [1.54, 1.807) is 6.07 Å². The van der Waals surface area contributed by atoms with Crippen molar-refractivity contribution in [2.24, 2.45) is 5.92 Å². The van der Waals surface area contributed by atoms with Gasteiger partial charge in [-0.25, -0.2) is 9.37 Å². The lowest BCUT2D eigenvalue weighted by Gasteiger charge is -2.21. The van der Waals surface area contributed by atoms with Gasteiger partial charge in [0.25, 0.3) is 0 Å². The monoisotopic (exact) mass is 350 g/mol. The first-order chi connectivity index (χ1) is 12.6. The number of hydrogen-bond donors (Lipinski definition) is 1. The number of rotatable bonds is 5. The van der Waals surface area contributed by atoms with Crippen molar-refractivity contribution in [1.29, 1.82) is 0 Å². The van der Waals surface area contributed by atoms with Gasteiger partial charge in [-0.2, -0.15) is 0 Å². The molecule has 26 heavy (non-hydrogen) atoms. The Bertz CT molecular complexity index is 857. The highest BCUT2D eigenvalue weighted by atomic mass is 19.1. The summed E-state index contributed by atoms with van der Waals surface area (Å²) in [6.07, 6.45) is 8.13. The molecule has 1 aromatic carbocycles. The van der Waals surface area contributed by atoms with Gasteiger partial charge in [0.1, 0.15) is 11.5 Å². The van der Waals surface area contributed by atoms with Crippen LogP contribution in [0, 0.1) is 11.7 Å². The second-order valence-corrected chi connectivity index (χ2v) is 8.04. The highest BCUT2D eigenvalue weighted by Crippen LogP contribution is 2.38. The summed E-state index contributed by atoms with van der Waals surface area (Å²) in [5.74, 6) is 1.05. The Hall–Kier alpha value is -2.16. The van der Waals surface area contributed by atoms with Gasteiger partial charge in [-0.15, -0.1) is 0 Å². The SMILES string of the molecule is CC(C)c1ccc([C@@H](CC2CCCC2)c2cc3cccnc3[nH]2)cc1F. The van der Waals surface area contributed by atoms with Crippen LogP contribution >= 0.6 is 0 Å². The van der Waals surface area contributed by atoms with Gasteiger partial charge in [0, 0.05) is 23.2 Å². The first kappa shape index (κ1) is 17.3. The van der Waals surface area contributed by atoms with Crippen molar-refractivity contribution < 1.29 is 4.39 Å². The molecule has 0 unspecified atom stereocenters. The second-order valence-electron chi connectivity index (χ2n) is 8.04. The van der Waals surface area contributed by atoms with Crippen molar-refractivity contribution in [3.63, 3.8) is 0 Å². The zero-order valence-electron chi connectivity index (χ0n) is 15.6. The van der Waals surface area contributed by atoms with E-state index in [9.17, 15) is 4.39 Å². The predicted molar refractivity (Wildman–Crippen MR) is 105 cm³/mol. The molecule has 0 bridgehead atoms. The molecule has 2 nitrogen and oxygen atoms in total. The molecular formula is C23H27FN2. The zero-order valence-corrected chi connectivity index (χ0v) is 15.6. The molecule has 2 aromatic heterocycles. The summed E-state index contributed by atoms with van der Waals surface area (Å²) in [5, 5.41) is 1.12. The number of nitrogens with one attached hydrogen (secondary N) is 1. The maximum absolute atomic E-state index is 14.7. The molecule has 1 fully saturated rings. The van der Waals surface area contributed by atoms with Gasteiger partial charge < -0.3 is 4.98 Å². The molecule has 3 aromatic rings. The summed E-state index contributed by atoms with van der Waals surface area (Å²) < 4.78 is 14.7. The van der Waals surface area contributed by atoms with E-state index in [1.807, 2.05) is 32.2 Å². The Morgan fingerprint density at radius 3 is 2.65 bits per heavy atom. The minimum atomic E-state index is -0.0804. The molecule has 1 N–H and O–H groups in total. The van der Waals surface area contributed by atoms with Crippen molar-refractivity contribution in [2.45, 2.75) is 57.8 Å². The fourth-order valence-corrected chi connectivity index (χ4v) is 4.42. The molecule has 0 amide bonds. The maximum Gasteiger partial charge on any atom is 0.137 e. The highest BCUT2D eigenvalue weighted by Gasteiger charge is 2.25. The lowest BCUT2D eigenvalue weighted by atomic mass is 9.84.